The number of hydrogen-bond donors (Lipinski definition) is 9. The number of esters is 1. The number of fused-ring (bicyclic) bond motifs is 7. The lowest BCUT2D eigenvalue weighted by atomic mass is 9.33. The summed E-state index contributed by atoms with van der Waals surface area (Å²) in [7, 11) is 1.38. The molecule has 0 aromatic carbocycles. The first-order valence-corrected chi connectivity index (χ1v) is 21.0. The molecule has 0 radical (unpaired) electrons. The van der Waals surface area contributed by atoms with Gasteiger partial charge in [-0.2, -0.15) is 0 Å². The van der Waals surface area contributed by atoms with Crippen LogP contribution in [0.4, 0.5) is 0 Å². The van der Waals surface area contributed by atoms with Gasteiger partial charge < -0.3 is 69.6 Å². The average Bonchev–Trinajstić information content (AvgIpc) is 3.18. The molecule has 6 fully saturated rings. The highest BCUT2D eigenvalue weighted by Crippen LogP contribution is 2.76. The maximum atomic E-state index is 13.2. The number of carboxylic acids is 1. The van der Waals surface area contributed by atoms with Gasteiger partial charge >= 0.3 is 11.9 Å². The zero-order valence-corrected chi connectivity index (χ0v) is 34.5. The van der Waals surface area contributed by atoms with Gasteiger partial charge in [0.25, 0.3) is 0 Å². The number of allylic oxidation sites excluding steroid dienone is 2. The third-order valence-electron chi connectivity index (χ3n) is 17.4. The van der Waals surface area contributed by atoms with Gasteiger partial charge in [0, 0.05) is 5.41 Å². The van der Waals surface area contributed by atoms with Gasteiger partial charge in [0.2, 0.25) is 0 Å². The van der Waals surface area contributed by atoms with Crippen LogP contribution in [0.1, 0.15) is 92.4 Å². The van der Waals surface area contributed by atoms with Crippen molar-refractivity contribution >= 4 is 11.9 Å². The van der Waals surface area contributed by atoms with Gasteiger partial charge in [0.15, 0.2) is 12.6 Å². The van der Waals surface area contributed by atoms with E-state index in [-0.39, 0.29) is 47.8 Å². The minimum atomic E-state index is -1.73. The van der Waals surface area contributed by atoms with Crippen molar-refractivity contribution in [2.45, 2.75) is 160 Å². The maximum Gasteiger partial charge on any atom is 0.311 e. The summed E-state index contributed by atoms with van der Waals surface area (Å²) in [6.07, 6.45) is -8.96. The van der Waals surface area contributed by atoms with E-state index in [4.69, 9.17) is 23.7 Å². The summed E-state index contributed by atoms with van der Waals surface area (Å²) in [5.74, 6) is -1.57. The Morgan fingerprint density at radius 1 is 0.810 bits per heavy atom. The summed E-state index contributed by atoms with van der Waals surface area (Å²) >= 11 is 0. The van der Waals surface area contributed by atoms with E-state index >= 15 is 0 Å². The Bertz CT molecular complexity index is 1610. The minimum absolute atomic E-state index is 0.0422. The molecule has 7 rings (SSSR count). The second-order valence-electron chi connectivity index (χ2n) is 20.1. The zero-order chi connectivity index (χ0) is 42.5. The molecule has 58 heavy (non-hydrogen) atoms. The molecule has 20 unspecified atom stereocenters. The molecule has 20 atom stereocenters. The van der Waals surface area contributed by atoms with E-state index in [2.05, 4.69) is 26.8 Å². The van der Waals surface area contributed by atoms with Crippen LogP contribution in [-0.4, -0.2) is 152 Å². The lowest BCUT2D eigenvalue weighted by molar-refractivity contribution is -0.357. The highest BCUT2D eigenvalue weighted by Gasteiger charge is 2.71. The SMILES string of the molecule is COC(=O)C1(C)CCC2(C(=O)O)CCC3(C)C(=CCC4C5(C)CC(O)C(OC6OCC(OC7OC(CO)C(O)C(O)C7O)C(O)C6O)C(C)(CO)C5CCC43C)C2C1. The number of carboxylic acid groups (broad SMARTS) is 1. The van der Waals surface area contributed by atoms with Crippen LogP contribution in [0, 0.1) is 50.2 Å². The molecule has 5 aliphatic carbocycles. The van der Waals surface area contributed by atoms with Crippen molar-refractivity contribution in [3.05, 3.63) is 11.6 Å². The van der Waals surface area contributed by atoms with Gasteiger partial charge in [0.1, 0.15) is 42.7 Å². The van der Waals surface area contributed by atoms with Crippen molar-refractivity contribution in [3.8, 4) is 0 Å². The molecule has 0 aromatic heterocycles. The molecule has 2 heterocycles. The molecule has 16 nitrogen and oxygen atoms in total. The maximum absolute atomic E-state index is 13.2. The van der Waals surface area contributed by atoms with Crippen molar-refractivity contribution in [1.29, 1.82) is 0 Å². The molecule has 330 valence electrons. The summed E-state index contributed by atoms with van der Waals surface area (Å²) < 4.78 is 28.5. The quantitative estimate of drug-likeness (QED) is 0.0923. The predicted octanol–water partition coefficient (Wildman–Crippen LogP) is 0.617. The van der Waals surface area contributed by atoms with Crippen LogP contribution in [-0.2, 0) is 33.3 Å². The first-order valence-electron chi connectivity index (χ1n) is 21.0. The highest BCUT2D eigenvalue weighted by atomic mass is 16.7. The molecule has 4 saturated carbocycles. The van der Waals surface area contributed by atoms with E-state index in [1.807, 2.05) is 13.8 Å². The number of hydrogen-bond acceptors (Lipinski definition) is 15. The smallest absolute Gasteiger partial charge is 0.311 e. The number of ether oxygens (including phenoxy) is 5. The van der Waals surface area contributed by atoms with E-state index in [1.165, 1.54) is 7.11 Å². The van der Waals surface area contributed by atoms with Crippen molar-refractivity contribution in [1.82, 2.24) is 0 Å². The van der Waals surface area contributed by atoms with Crippen molar-refractivity contribution < 1.29 is 79.2 Å². The third-order valence-corrected chi connectivity index (χ3v) is 17.4. The first kappa shape index (κ1) is 44.3. The average molecular weight is 827 g/mol. The molecular formula is C42H66O16. The van der Waals surface area contributed by atoms with Crippen LogP contribution in [0.15, 0.2) is 11.6 Å². The van der Waals surface area contributed by atoms with E-state index in [9.17, 15) is 55.5 Å². The van der Waals surface area contributed by atoms with Gasteiger partial charge in [-0.3, -0.25) is 9.59 Å². The van der Waals surface area contributed by atoms with E-state index in [0.717, 1.165) is 12.0 Å². The second-order valence-corrected chi connectivity index (χ2v) is 20.1. The largest absolute Gasteiger partial charge is 0.481 e. The molecular weight excluding hydrogens is 760 g/mol. The first-order chi connectivity index (χ1) is 27.1. The lowest BCUT2D eigenvalue weighted by Crippen LogP contribution is -2.69. The third kappa shape index (κ3) is 6.29. The topological polar surface area (TPSA) is 262 Å². The molecule has 0 aromatic rings. The van der Waals surface area contributed by atoms with Crippen LogP contribution in [0.25, 0.3) is 0 Å². The number of aliphatic hydroxyl groups excluding tert-OH is 8. The molecule has 2 aliphatic heterocycles. The monoisotopic (exact) mass is 826 g/mol. The molecule has 16 heteroatoms. The van der Waals surface area contributed by atoms with Gasteiger partial charge in [0.05, 0.1) is 50.0 Å². The van der Waals surface area contributed by atoms with Crippen molar-refractivity contribution in [2.24, 2.45) is 50.2 Å². The summed E-state index contributed by atoms with van der Waals surface area (Å²) in [5, 5.41) is 96.7. The van der Waals surface area contributed by atoms with Crippen LogP contribution in [0.2, 0.25) is 0 Å². The molecule has 0 spiro atoms. The predicted molar refractivity (Wildman–Crippen MR) is 201 cm³/mol. The fraction of sp³-hybridized carbons (Fsp3) is 0.905. The van der Waals surface area contributed by atoms with Crippen LogP contribution < -0.4 is 0 Å². The molecule has 0 amide bonds. The summed E-state index contributed by atoms with van der Waals surface area (Å²) in [4.78, 5) is 26.2. The Kier molecular flexibility index (Phi) is 11.6. The Morgan fingerprint density at radius 3 is 2.12 bits per heavy atom. The minimum Gasteiger partial charge on any atom is -0.481 e. The number of methoxy groups -OCH3 is 1. The Hall–Kier alpha value is -1.80. The van der Waals surface area contributed by atoms with E-state index < -0.39 is 102 Å². The number of aliphatic carboxylic acids is 1. The standard InChI is InChI=1S/C42H66O16/c1-37(36(53)54-6)11-13-42(35(51)52)14-12-40(4)20(21(42)15-37)7-8-26-38(2)16-22(45)32(39(3,19-44)25(38)9-10-41(26,40)5)58-33-30(49)28(47)24(18-55-33)57-34-31(50)29(48)27(46)23(17-43)56-34/h7,21-34,43-50H,8-19H2,1-6H3,(H,51,52). The number of carbonyl (C=O) groups is 2. The molecule has 0 bridgehead atoms. The summed E-state index contributed by atoms with van der Waals surface area (Å²) in [6, 6.07) is 0. The van der Waals surface area contributed by atoms with Crippen LogP contribution in [0.5, 0.6) is 0 Å². The zero-order valence-electron chi connectivity index (χ0n) is 34.5. The number of carbonyl (C=O) groups excluding carboxylic acids is 1. The highest BCUT2D eigenvalue weighted by molar-refractivity contribution is 5.80. The Morgan fingerprint density at radius 2 is 1.48 bits per heavy atom. The molecule has 2 saturated heterocycles. The summed E-state index contributed by atoms with van der Waals surface area (Å²) in [6.45, 7) is 9.16. The number of rotatable bonds is 8. The van der Waals surface area contributed by atoms with Crippen LogP contribution >= 0.6 is 0 Å². The van der Waals surface area contributed by atoms with Crippen LogP contribution in [0.3, 0.4) is 0 Å². The van der Waals surface area contributed by atoms with E-state index in [1.54, 1.807) is 0 Å². The van der Waals surface area contributed by atoms with Gasteiger partial charge in [-0.25, -0.2) is 0 Å². The normalized spacial score (nSPS) is 54.2. The second kappa shape index (κ2) is 15.2. The molecule has 9 N–H and O–H groups in total. The fourth-order valence-corrected chi connectivity index (χ4v) is 13.8. The van der Waals surface area contributed by atoms with Gasteiger partial charge in [-0.15, -0.1) is 0 Å². The molecule has 7 aliphatic rings. The number of aliphatic hydroxyl groups is 8. The van der Waals surface area contributed by atoms with Gasteiger partial charge in [-0.05, 0) is 98.7 Å². The Balaban J connectivity index is 1.11. The fourth-order valence-electron chi connectivity index (χ4n) is 13.8. The summed E-state index contributed by atoms with van der Waals surface area (Å²) in [5.41, 5.74) is -2.86. The van der Waals surface area contributed by atoms with Gasteiger partial charge in [-0.1, -0.05) is 39.3 Å². The van der Waals surface area contributed by atoms with Crippen molar-refractivity contribution in [2.75, 3.05) is 26.9 Å². The van der Waals surface area contributed by atoms with Crippen molar-refractivity contribution in [3.63, 3.8) is 0 Å². The Labute approximate surface area is 339 Å². The van der Waals surface area contributed by atoms with E-state index in [0.29, 0.717) is 51.4 Å². The lowest BCUT2D eigenvalue weighted by Gasteiger charge is -2.71.